The maximum atomic E-state index is 13.4. The minimum Gasteiger partial charge on any atom is -0.207 e. The van der Waals surface area contributed by atoms with E-state index in [9.17, 15) is 8.78 Å². The fraction of sp³-hybridized carbons (Fsp3) is 0.273. The fourth-order valence-corrected chi connectivity index (χ4v) is 2.53. The predicted molar refractivity (Wildman–Crippen MR) is 63.5 cm³/mol. The zero-order valence-corrected chi connectivity index (χ0v) is 10.4. The first-order chi connectivity index (χ1) is 8.19. The zero-order chi connectivity index (χ0) is 12.3. The summed E-state index contributed by atoms with van der Waals surface area (Å²) in [6.45, 7) is 0. The summed E-state index contributed by atoms with van der Waals surface area (Å²) in [4.78, 5) is 0. The number of benzene rings is 1. The van der Waals surface area contributed by atoms with Crippen LogP contribution in [0.4, 0.5) is 8.78 Å². The smallest absolute Gasteiger partial charge is 0.129 e. The molecule has 2 nitrogen and oxygen atoms in total. The highest BCUT2D eigenvalue weighted by atomic mass is 35.5. The molecular formula is C11H9ClF2N2S. The Labute approximate surface area is 106 Å². The number of rotatable bonds is 4. The second-order valence-electron chi connectivity index (χ2n) is 3.44. The molecule has 0 unspecified atom stereocenters. The van der Waals surface area contributed by atoms with Crippen molar-refractivity contribution in [2.45, 2.75) is 12.8 Å². The molecule has 1 aromatic heterocycles. The molecule has 0 radical (unpaired) electrons. The first-order valence-corrected chi connectivity index (χ1v) is 6.35. The average molecular weight is 275 g/mol. The molecule has 2 aromatic rings. The standard InChI is InChI=1S/C11H9ClF2N2S/c12-4-3-10-15-16-11(17-10)5-7-1-2-8(13)6-9(7)14/h1-2,6H,3-5H2. The molecule has 0 atom stereocenters. The second-order valence-corrected chi connectivity index (χ2v) is 4.97. The van der Waals surface area contributed by atoms with Gasteiger partial charge in [-0.2, -0.15) is 0 Å². The van der Waals surface area contributed by atoms with E-state index in [1.807, 2.05) is 0 Å². The molecule has 0 saturated carbocycles. The highest BCUT2D eigenvalue weighted by Gasteiger charge is 2.09. The van der Waals surface area contributed by atoms with Gasteiger partial charge >= 0.3 is 0 Å². The summed E-state index contributed by atoms with van der Waals surface area (Å²) in [6.07, 6.45) is 0.983. The molecule has 90 valence electrons. The van der Waals surface area contributed by atoms with E-state index in [-0.39, 0.29) is 0 Å². The van der Waals surface area contributed by atoms with Crippen LogP contribution >= 0.6 is 22.9 Å². The lowest BCUT2D eigenvalue weighted by molar-refractivity contribution is 0.574. The summed E-state index contributed by atoms with van der Waals surface area (Å²) in [5, 5.41) is 9.42. The van der Waals surface area contributed by atoms with Crippen molar-refractivity contribution in [3.05, 3.63) is 45.4 Å². The molecule has 0 amide bonds. The second kappa shape index (κ2) is 5.51. The summed E-state index contributed by atoms with van der Waals surface area (Å²) in [5.41, 5.74) is 0.417. The Bertz CT molecular complexity index is 516. The summed E-state index contributed by atoms with van der Waals surface area (Å²) in [6, 6.07) is 3.53. The highest BCUT2D eigenvalue weighted by Crippen LogP contribution is 2.18. The highest BCUT2D eigenvalue weighted by molar-refractivity contribution is 7.11. The molecule has 0 aliphatic rings. The normalized spacial score (nSPS) is 10.8. The molecular weight excluding hydrogens is 266 g/mol. The Hall–Kier alpha value is -1.07. The Morgan fingerprint density at radius 3 is 2.65 bits per heavy atom. The number of halogens is 3. The van der Waals surface area contributed by atoms with Crippen molar-refractivity contribution in [3.8, 4) is 0 Å². The van der Waals surface area contributed by atoms with Gasteiger partial charge in [-0.3, -0.25) is 0 Å². The van der Waals surface area contributed by atoms with Gasteiger partial charge in [-0.25, -0.2) is 8.78 Å². The quantitative estimate of drug-likeness (QED) is 0.800. The SMILES string of the molecule is Fc1ccc(Cc2nnc(CCCl)s2)c(F)c1. The van der Waals surface area contributed by atoms with E-state index in [0.717, 1.165) is 11.1 Å². The average Bonchev–Trinajstić information content (AvgIpc) is 2.71. The van der Waals surface area contributed by atoms with Crippen LogP contribution in [0.1, 0.15) is 15.6 Å². The maximum Gasteiger partial charge on any atom is 0.129 e. The van der Waals surface area contributed by atoms with Gasteiger partial charge in [0.1, 0.15) is 21.6 Å². The van der Waals surface area contributed by atoms with E-state index in [1.54, 1.807) is 0 Å². The largest absolute Gasteiger partial charge is 0.207 e. The molecule has 0 fully saturated rings. The fourth-order valence-electron chi connectivity index (χ4n) is 1.37. The Morgan fingerprint density at radius 1 is 1.18 bits per heavy atom. The molecule has 17 heavy (non-hydrogen) atoms. The monoisotopic (exact) mass is 274 g/mol. The van der Waals surface area contributed by atoms with Crippen LogP contribution < -0.4 is 0 Å². The van der Waals surface area contributed by atoms with Crippen molar-refractivity contribution in [2.24, 2.45) is 0 Å². The number of aryl methyl sites for hydroxylation is 1. The van der Waals surface area contributed by atoms with Gasteiger partial charge in [-0.1, -0.05) is 6.07 Å². The van der Waals surface area contributed by atoms with Crippen LogP contribution in [-0.2, 0) is 12.8 Å². The molecule has 1 aromatic carbocycles. The molecule has 6 heteroatoms. The third kappa shape index (κ3) is 3.20. The van der Waals surface area contributed by atoms with Gasteiger partial charge in [-0.05, 0) is 11.6 Å². The van der Waals surface area contributed by atoms with Crippen molar-refractivity contribution in [2.75, 3.05) is 5.88 Å². The van der Waals surface area contributed by atoms with Crippen LogP contribution in [0.25, 0.3) is 0 Å². The number of nitrogens with zero attached hydrogens (tertiary/aromatic N) is 2. The minimum absolute atomic E-state index is 0.325. The summed E-state index contributed by atoms with van der Waals surface area (Å²) >= 11 is 6.98. The van der Waals surface area contributed by atoms with Gasteiger partial charge < -0.3 is 0 Å². The number of hydrogen-bond acceptors (Lipinski definition) is 3. The lowest BCUT2D eigenvalue weighted by atomic mass is 10.1. The maximum absolute atomic E-state index is 13.4. The van der Waals surface area contributed by atoms with Crippen molar-refractivity contribution in [3.63, 3.8) is 0 Å². The summed E-state index contributed by atoms with van der Waals surface area (Å²) in [7, 11) is 0. The topological polar surface area (TPSA) is 25.8 Å². The lowest BCUT2D eigenvalue weighted by Crippen LogP contribution is -1.93. The predicted octanol–water partition coefficient (Wildman–Crippen LogP) is 3.19. The minimum atomic E-state index is -0.577. The molecule has 2 rings (SSSR count). The number of alkyl halides is 1. The Morgan fingerprint density at radius 2 is 1.94 bits per heavy atom. The first kappa shape index (κ1) is 12.4. The van der Waals surface area contributed by atoms with E-state index in [0.29, 0.717) is 29.3 Å². The van der Waals surface area contributed by atoms with Gasteiger partial charge in [0.05, 0.1) is 0 Å². The third-order valence-corrected chi connectivity index (χ3v) is 3.35. The van der Waals surface area contributed by atoms with E-state index < -0.39 is 11.6 Å². The Kier molecular flexibility index (Phi) is 4.02. The zero-order valence-electron chi connectivity index (χ0n) is 8.79. The Balaban J connectivity index is 2.13. The molecule has 0 spiro atoms. The summed E-state index contributed by atoms with van der Waals surface area (Å²) in [5.74, 6) is -0.648. The lowest BCUT2D eigenvalue weighted by Gasteiger charge is -1.99. The molecule has 0 aliphatic carbocycles. The van der Waals surface area contributed by atoms with Gasteiger partial charge in [0.15, 0.2) is 0 Å². The summed E-state index contributed by atoms with van der Waals surface area (Å²) < 4.78 is 26.1. The number of aromatic nitrogens is 2. The van der Waals surface area contributed by atoms with Gasteiger partial charge in [0, 0.05) is 24.8 Å². The van der Waals surface area contributed by atoms with E-state index in [2.05, 4.69) is 10.2 Å². The molecule has 0 bridgehead atoms. The van der Waals surface area contributed by atoms with Crippen LogP contribution in [0.5, 0.6) is 0 Å². The van der Waals surface area contributed by atoms with E-state index in [1.165, 1.54) is 23.5 Å². The van der Waals surface area contributed by atoms with Crippen LogP contribution in [0, 0.1) is 11.6 Å². The molecule has 0 aliphatic heterocycles. The number of hydrogen-bond donors (Lipinski definition) is 0. The van der Waals surface area contributed by atoms with E-state index in [4.69, 9.17) is 11.6 Å². The van der Waals surface area contributed by atoms with Gasteiger partial charge in [0.2, 0.25) is 0 Å². The molecule has 0 saturated heterocycles. The van der Waals surface area contributed by atoms with Crippen LogP contribution in [0.2, 0.25) is 0 Å². The van der Waals surface area contributed by atoms with Crippen molar-refractivity contribution >= 4 is 22.9 Å². The molecule has 1 heterocycles. The van der Waals surface area contributed by atoms with Gasteiger partial charge in [-0.15, -0.1) is 33.1 Å². The first-order valence-electron chi connectivity index (χ1n) is 5.00. The third-order valence-electron chi connectivity index (χ3n) is 2.17. The van der Waals surface area contributed by atoms with Gasteiger partial charge in [0.25, 0.3) is 0 Å². The van der Waals surface area contributed by atoms with Crippen LogP contribution in [0.15, 0.2) is 18.2 Å². The molecule has 0 N–H and O–H groups in total. The van der Waals surface area contributed by atoms with Crippen LogP contribution in [-0.4, -0.2) is 16.1 Å². The van der Waals surface area contributed by atoms with Crippen molar-refractivity contribution in [1.29, 1.82) is 0 Å². The van der Waals surface area contributed by atoms with Crippen molar-refractivity contribution in [1.82, 2.24) is 10.2 Å². The van der Waals surface area contributed by atoms with E-state index >= 15 is 0 Å². The van der Waals surface area contributed by atoms with Crippen LogP contribution in [0.3, 0.4) is 0 Å². The van der Waals surface area contributed by atoms with Crippen molar-refractivity contribution < 1.29 is 8.78 Å².